The molecule has 1 aromatic heterocycles. The molecule has 0 spiro atoms. The molecule has 1 aliphatic rings. The Hall–Kier alpha value is -1.19. The number of benzene rings is 2. The van der Waals surface area contributed by atoms with E-state index in [4.69, 9.17) is 23.2 Å². The van der Waals surface area contributed by atoms with E-state index >= 15 is 0 Å². The quantitative estimate of drug-likeness (QED) is 0.623. The number of aromatic nitrogens is 1. The predicted molar refractivity (Wildman–Crippen MR) is 95.6 cm³/mol. The number of hydrogen-bond donors (Lipinski definition) is 2. The van der Waals surface area contributed by atoms with Gasteiger partial charge in [0, 0.05) is 33.2 Å². The molecule has 2 heterocycles. The zero-order valence-corrected chi connectivity index (χ0v) is 14.0. The number of halogens is 3. The molecule has 4 rings (SSSR count). The third-order valence-corrected chi connectivity index (χ3v) is 4.71. The molecule has 0 aliphatic carbocycles. The summed E-state index contributed by atoms with van der Waals surface area (Å²) >= 11 is 12.5. The molecular weight excluding hydrogens is 339 g/mol. The highest BCUT2D eigenvalue weighted by molar-refractivity contribution is 6.31. The molecule has 2 aromatic carbocycles. The van der Waals surface area contributed by atoms with Gasteiger partial charge < -0.3 is 10.3 Å². The molecule has 3 aromatic rings. The molecule has 0 saturated carbocycles. The molecule has 2 nitrogen and oxygen atoms in total. The second-order valence-corrected chi connectivity index (χ2v) is 6.21. The normalized spacial score (nSPS) is 17.1. The summed E-state index contributed by atoms with van der Waals surface area (Å²) in [5.74, 6) is 0. The highest BCUT2D eigenvalue weighted by Gasteiger charge is 2.26. The van der Waals surface area contributed by atoms with Gasteiger partial charge in [-0.05, 0) is 41.8 Å². The predicted octanol–water partition coefficient (Wildman–Crippen LogP) is 5.13. The Morgan fingerprint density at radius 2 is 1.86 bits per heavy atom. The maximum atomic E-state index is 6.37. The lowest BCUT2D eigenvalue weighted by Crippen LogP contribution is -2.30. The fourth-order valence-corrected chi connectivity index (χ4v) is 3.59. The molecule has 0 fully saturated rings. The molecule has 22 heavy (non-hydrogen) atoms. The highest BCUT2D eigenvalue weighted by atomic mass is 35.5. The molecule has 1 unspecified atom stereocenters. The Bertz CT molecular complexity index is 826. The van der Waals surface area contributed by atoms with E-state index in [1.54, 1.807) is 0 Å². The molecule has 0 radical (unpaired) electrons. The number of nitrogens with one attached hydrogen (secondary N) is 2. The van der Waals surface area contributed by atoms with Gasteiger partial charge in [-0.2, -0.15) is 0 Å². The van der Waals surface area contributed by atoms with Gasteiger partial charge in [0.1, 0.15) is 0 Å². The molecular formula is C17H15Cl3N2. The minimum Gasteiger partial charge on any atom is -0.357 e. The second-order valence-electron chi connectivity index (χ2n) is 5.37. The summed E-state index contributed by atoms with van der Waals surface area (Å²) < 4.78 is 0. The maximum absolute atomic E-state index is 6.37. The van der Waals surface area contributed by atoms with Crippen LogP contribution < -0.4 is 5.32 Å². The first-order chi connectivity index (χ1) is 10.2. The topological polar surface area (TPSA) is 27.8 Å². The SMILES string of the molecule is Cl.Clc1ccc2[nH]c3c(c2c1)CCNC3c1ccccc1Cl. The monoisotopic (exact) mass is 352 g/mol. The van der Waals surface area contributed by atoms with Gasteiger partial charge in [0.15, 0.2) is 0 Å². The molecule has 5 heteroatoms. The Morgan fingerprint density at radius 1 is 1.05 bits per heavy atom. The van der Waals surface area contributed by atoms with E-state index in [0.29, 0.717) is 0 Å². The van der Waals surface area contributed by atoms with Gasteiger partial charge in [-0.15, -0.1) is 12.4 Å². The summed E-state index contributed by atoms with van der Waals surface area (Å²) in [4.78, 5) is 3.54. The van der Waals surface area contributed by atoms with Crippen LogP contribution in [0.4, 0.5) is 0 Å². The van der Waals surface area contributed by atoms with Crippen molar-refractivity contribution in [1.82, 2.24) is 10.3 Å². The van der Waals surface area contributed by atoms with E-state index in [-0.39, 0.29) is 18.4 Å². The van der Waals surface area contributed by atoms with Crippen molar-refractivity contribution in [3.63, 3.8) is 0 Å². The van der Waals surface area contributed by atoms with Crippen LogP contribution in [-0.2, 0) is 6.42 Å². The first-order valence-electron chi connectivity index (χ1n) is 7.02. The lowest BCUT2D eigenvalue weighted by atomic mass is 9.94. The third-order valence-electron chi connectivity index (χ3n) is 4.13. The van der Waals surface area contributed by atoms with Crippen molar-refractivity contribution in [3.05, 3.63) is 69.3 Å². The van der Waals surface area contributed by atoms with Gasteiger partial charge in [-0.25, -0.2) is 0 Å². The van der Waals surface area contributed by atoms with Gasteiger partial charge in [0.25, 0.3) is 0 Å². The van der Waals surface area contributed by atoms with E-state index in [1.165, 1.54) is 16.6 Å². The minimum atomic E-state index is 0. The van der Waals surface area contributed by atoms with Crippen LogP contribution in [0.2, 0.25) is 10.0 Å². The summed E-state index contributed by atoms with van der Waals surface area (Å²) in [6, 6.07) is 14.1. The Morgan fingerprint density at radius 3 is 2.68 bits per heavy atom. The van der Waals surface area contributed by atoms with Crippen molar-refractivity contribution in [3.8, 4) is 0 Å². The number of rotatable bonds is 1. The van der Waals surface area contributed by atoms with E-state index in [2.05, 4.69) is 16.4 Å². The summed E-state index contributed by atoms with van der Waals surface area (Å²) in [6.45, 7) is 0.933. The first-order valence-corrected chi connectivity index (χ1v) is 7.77. The number of H-pyrrole nitrogens is 1. The fraction of sp³-hybridized carbons (Fsp3) is 0.176. The van der Waals surface area contributed by atoms with E-state index < -0.39 is 0 Å². The molecule has 0 saturated heterocycles. The Kier molecular flexibility index (Phi) is 4.37. The maximum Gasteiger partial charge on any atom is 0.0746 e. The van der Waals surface area contributed by atoms with Crippen LogP contribution in [0.15, 0.2) is 42.5 Å². The smallest absolute Gasteiger partial charge is 0.0746 e. The van der Waals surface area contributed by atoms with Crippen LogP contribution in [0.5, 0.6) is 0 Å². The molecule has 2 N–H and O–H groups in total. The average Bonchev–Trinajstić information content (AvgIpc) is 2.86. The fourth-order valence-electron chi connectivity index (χ4n) is 3.17. The molecule has 0 amide bonds. The van der Waals surface area contributed by atoms with E-state index in [1.807, 2.05) is 36.4 Å². The van der Waals surface area contributed by atoms with Crippen LogP contribution in [-0.4, -0.2) is 11.5 Å². The largest absolute Gasteiger partial charge is 0.357 e. The third kappa shape index (κ3) is 2.50. The van der Waals surface area contributed by atoms with Crippen molar-refractivity contribution in [2.75, 3.05) is 6.54 Å². The van der Waals surface area contributed by atoms with Gasteiger partial charge in [-0.3, -0.25) is 0 Å². The van der Waals surface area contributed by atoms with Crippen LogP contribution >= 0.6 is 35.6 Å². The second kappa shape index (κ2) is 6.13. The molecule has 1 atom stereocenters. The highest BCUT2D eigenvalue weighted by Crippen LogP contribution is 2.36. The van der Waals surface area contributed by atoms with Gasteiger partial charge in [0.05, 0.1) is 6.04 Å². The van der Waals surface area contributed by atoms with Crippen LogP contribution in [0.1, 0.15) is 22.9 Å². The number of aromatic amines is 1. The summed E-state index contributed by atoms with van der Waals surface area (Å²) in [5, 5.41) is 6.34. The van der Waals surface area contributed by atoms with E-state index in [0.717, 1.165) is 34.1 Å². The summed E-state index contributed by atoms with van der Waals surface area (Å²) in [5.41, 5.74) is 4.78. The van der Waals surface area contributed by atoms with Gasteiger partial charge in [-0.1, -0.05) is 41.4 Å². The van der Waals surface area contributed by atoms with Crippen LogP contribution in [0, 0.1) is 0 Å². The number of hydrogen-bond acceptors (Lipinski definition) is 1. The van der Waals surface area contributed by atoms with Crippen LogP contribution in [0.25, 0.3) is 10.9 Å². The summed E-state index contributed by atoms with van der Waals surface area (Å²) in [7, 11) is 0. The van der Waals surface area contributed by atoms with Crippen LogP contribution in [0.3, 0.4) is 0 Å². The average molecular weight is 354 g/mol. The lowest BCUT2D eigenvalue weighted by Gasteiger charge is -2.25. The van der Waals surface area contributed by atoms with E-state index in [9.17, 15) is 0 Å². The van der Waals surface area contributed by atoms with Gasteiger partial charge >= 0.3 is 0 Å². The standard InChI is InChI=1S/C17H14Cl2N2.ClH/c18-10-5-6-15-13(9-10)11-7-8-20-16(17(11)21-15)12-3-1-2-4-14(12)19;/h1-6,9,16,20-21H,7-8H2;1H. The lowest BCUT2D eigenvalue weighted by molar-refractivity contribution is 0.560. The Balaban J connectivity index is 0.00000144. The number of fused-ring (bicyclic) bond motifs is 3. The zero-order valence-electron chi connectivity index (χ0n) is 11.7. The summed E-state index contributed by atoms with van der Waals surface area (Å²) in [6.07, 6.45) is 0.997. The van der Waals surface area contributed by atoms with Crippen molar-refractivity contribution in [2.45, 2.75) is 12.5 Å². The molecule has 1 aliphatic heterocycles. The van der Waals surface area contributed by atoms with Crippen molar-refractivity contribution in [1.29, 1.82) is 0 Å². The molecule has 114 valence electrons. The first kappa shape index (κ1) is 15.7. The zero-order chi connectivity index (χ0) is 14.4. The van der Waals surface area contributed by atoms with Crippen molar-refractivity contribution < 1.29 is 0 Å². The van der Waals surface area contributed by atoms with Gasteiger partial charge in [0.2, 0.25) is 0 Å². The molecule has 0 bridgehead atoms. The van der Waals surface area contributed by atoms with Crippen molar-refractivity contribution >= 4 is 46.5 Å². The Labute approximate surface area is 145 Å². The van der Waals surface area contributed by atoms with Crippen molar-refractivity contribution in [2.24, 2.45) is 0 Å². The minimum absolute atomic E-state index is 0.